The minimum absolute atomic E-state index is 0.0379. The number of hydrogen-bond donors (Lipinski definition) is 2. The molecule has 0 saturated carbocycles. The van der Waals surface area contributed by atoms with Crippen molar-refractivity contribution in [2.75, 3.05) is 26.1 Å². The number of ether oxygens (including phenoxy) is 1. The van der Waals surface area contributed by atoms with E-state index in [0.29, 0.717) is 30.1 Å². The van der Waals surface area contributed by atoms with Gasteiger partial charge in [0.15, 0.2) is 10.6 Å². The molecule has 3 aromatic rings. The summed E-state index contributed by atoms with van der Waals surface area (Å²) in [4.78, 5) is 14.4. The Morgan fingerprint density at radius 1 is 1.24 bits per heavy atom. The summed E-state index contributed by atoms with van der Waals surface area (Å²) < 4.78 is 7.52. The molecule has 0 spiro atoms. The minimum atomic E-state index is -0.0379. The maximum atomic E-state index is 12.4. The van der Waals surface area contributed by atoms with E-state index in [1.807, 2.05) is 66.0 Å². The zero-order valence-corrected chi connectivity index (χ0v) is 17.6. The number of anilines is 1. The zero-order chi connectivity index (χ0) is 20.8. The van der Waals surface area contributed by atoms with Crippen LogP contribution < -0.4 is 15.0 Å². The molecule has 0 bridgehead atoms. The Kier molecular flexibility index (Phi) is 6.66. The molecule has 7 nitrogen and oxygen atoms in total. The van der Waals surface area contributed by atoms with Gasteiger partial charge in [-0.2, -0.15) is 5.10 Å². The van der Waals surface area contributed by atoms with Crippen molar-refractivity contribution in [2.45, 2.75) is 19.5 Å². The molecule has 1 amide bonds. The number of H-pyrrole nitrogens is 1. The number of amides is 1. The third-order valence-electron chi connectivity index (χ3n) is 4.59. The van der Waals surface area contributed by atoms with Crippen LogP contribution in [0.1, 0.15) is 12.0 Å². The lowest BCUT2D eigenvalue weighted by atomic mass is 10.2. The van der Waals surface area contributed by atoms with Crippen LogP contribution in [-0.2, 0) is 17.9 Å². The average Bonchev–Trinajstić information content (AvgIpc) is 3.11. The van der Waals surface area contributed by atoms with Crippen molar-refractivity contribution in [1.82, 2.24) is 20.1 Å². The number of nitrogens with zero attached hydrogens (tertiary/aromatic N) is 3. The largest absolute Gasteiger partial charge is 0.497 e. The van der Waals surface area contributed by atoms with Crippen molar-refractivity contribution in [1.29, 1.82) is 0 Å². The highest BCUT2D eigenvalue weighted by Gasteiger charge is 2.11. The molecule has 1 aromatic heterocycles. The molecule has 29 heavy (non-hydrogen) atoms. The number of rotatable bonds is 8. The van der Waals surface area contributed by atoms with Crippen LogP contribution in [0.25, 0.3) is 11.4 Å². The van der Waals surface area contributed by atoms with E-state index < -0.39 is 0 Å². The number of methoxy groups -OCH3 is 1. The van der Waals surface area contributed by atoms with Gasteiger partial charge < -0.3 is 15.0 Å². The maximum Gasteiger partial charge on any atom is 0.222 e. The SMILES string of the molecule is COc1ccc(-c2n[nH]c(=S)n2CCC(=O)NCc2cccc(N(C)C)c2)cc1. The second kappa shape index (κ2) is 9.38. The maximum absolute atomic E-state index is 12.4. The van der Waals surface area contributed by atoms with E-state index in [-0.39, 0.29) is 5.91 Å². The van der Waals surface area contributed by atoms with Gasteiger partial charge in [-0.15, -0.1) is 0 Å². The van der Waals surface area contributed by atoms with Gasteiger partial charge >= 0.3 is 0 Å². The highest BCUT2D eigenvalue weighted by Crippen LogP contribution is 2.21. The van der Waals surface area contributed by atoms with Gasteiger partial charge in [0, 0.05) is 44.9 Å². The molecule has 0 aliphatic carbocycles. The lowest BCUT2D eigenvalue weighted by molar-refractivity contribution is -0.121. The van der Waals surface area contributed by atoms with Crippen LogP contribution in [0.4, 0.5) is 5.69 Å². The Morgan fingerprint density at radius 2 is 2.00 bits per heavy atom. The van der Waals surface area contributed by atoms with Crippen molar-refractivity contribution in [3.8, 4) is 17.1 Å². The van der Waals surface area contributed by atoms with Crippen LogP contribution >= 0.6 is 12.2 Å². The summed E-state index contributed by atoms with van der Waals surface area (Å²) in [6.45, 7) is 0.933. The molecule has 152 valence electrons. The Labute approximate surface area is 175 Å². The lowest BCUT2D eigenvalue weighted by Gasteiger charge is -2.14. The van der Waals surface area contributed by atoms with Gasteiger partial charge in [-0.1, -0.05) is 12.1 Å². The normalized spacial score (nSPS) is 10.6. The molecular formula is C21H25N5O2S. The summed E-state index contributed by atoms with van der Waals surface area (Å²) in [7, 11) is 5.61. The van der Waals surface area contributed by atoms with Gasteiger partial charge in [0.05, 0.1) is 7.11 Å². The second-order valence-corrected chi connectivity index (χ2v) is 7.21. The number of benzene rings is 2. The smallest absolute Gasteiger partial charge is 0.222 e. The van der Waals surface area contributed by atoms with Gasteiger partial charge in [0.2, 0.25) is 5.91 Å². The number of aromatic amines is 1. The van der Waals surface area contributed by atoms with Crippen molar-refractivity contribution in [3.63, 3.8) is 0 Å². The van der Waals surface area contributed by atoms with Crippen molar-refractivity contribution in [2.24, 2.45) is 0 Å². The molecule has 3 rings (SSSR count). The van der Waals surface area contributed by atoms with Crippen molar-refractivity contribution >= 4 is 23.8 Å². The van der Waals surface area contributed by atoms with Crippen LogP contribution in [0.15, 0.2) is 48.5 Å². The second-order valence-electron chi connectivity index (χ2n) is 6.82. The van der Waals surface area contributed by atoms with Gasteiger partial charge in [-0.05, 0) is 54.2 Å². The molecule has 0 aliphatic heterocycles. The van der Waals surface area contributed by atoms with Crippen LogP contribution in [0.2, 0.25) is 0 Å². The Bertz CT molecular complexity index is 1020. The average molecular weight is 412 g/mol. The predicted molar refractivity (Wildman–Crippen MR) is 117 cm³/mol. The fourth-order valence-corrected chi connectivity index (χ4v) is 3.16. The highest BCUT2D eigenvalue weighted by atomic mass is 32.1. The molecule has 0 radical (unpaired) electrons. The molecule has 2 N–H and O–H groups in total. The first-order chi connectivity index (χ1) is 14.0. The molecule has 2 aromatic carbocycles. The molecule has 0 saturated heterocycles. The van der Waals surface area contributed by atoms with E-state index in [4.69, 9.17) is 17.0 Å². The number of carbonyl (C=O) groups is 1. The summed E-state index contributed by atoms with van der Waals surface area (Å²) in [5.41, 5.74) is 3.06. The molecule has 0 unspecified atom stereocenters. The number of hydrogen-bond acceptors (Lipinski definition) is 5. The van der Waals surface area contributed by atoms with E-state index in [9.17, 15) is 4.79 Å². The zero-order valence-electron chi connectivity index (χ0n) is 16.8. The number of nitrogens with one attached hydrogen (secondary N) is 2. The van der Waals surface area contributed by atoms with Crippen molar-refractivity contribution < 1.29 is 9.53 Å². The first kappa shape index (κ1) is 20.6. The molecule has 8 heteroatoms. The van der Waals surface area contributed by atoms with Gasteiger partial charge in [0.1, 0.15) is 5.75 Å². The molecule has 0 atom stereocenters. The van der Waals surface area contributed by atoms with Crippen molar-refractivity contribution in [3.05, 3.63) is 58.9 Å². The predicted octanol–water partition coefficient (Wildman–Crippen LogP) is 3.39. The quantitative estimate of drug-likeness (QED) is 0.556. The van der Waals surface area contributed by atoms with Gasteiger partial charge in [-0.25, -0.2) is 0 Å². The van der Waals surface area contributed by atoms with Gasteiger partial charge in [-0.3, -0.25) is 14.5 Å². The fourth-order valence-electron chi connectivity index (χ4n) is 2.93. The molecule has 1 heterocycles. The van der Waals surface area contributed by atoms with E-state index in [0.717, 1.165) is 22.6 Å². The van der Waals surface area contributed by atoms with E-state index in [2.05, 4.69) is 21.6 Å². The third-order valence-corrected chi connectivity index (χ3v) is 4.90. The monoisotopic (exact) mass is 411 g/mol. The summed E-state index contributed by atoms with van der Waals surface area (Å²) in [6, 6.07) is 15.7. The Morgan fingerprint density at radius 3 is 2.69 bits per heavy atom. The number of aromatic nitrogens is 3. The van der Waals surface area contributed by atoms with Gasteiger partial charge in [0.25, 0.3) is 0 Å². The standard InChI is InChI=1S/C21H25N5O2S/c1-25(2)17-6-4-5-15(13-17)14-22-19(27)11-12-26-20(23-24-21(26)29)16-7-9-18(28-3)10-8-16/h4-10,13H,11-12,14H2,1-3H3,(H,22,27)(H,24,29). The first-order valence-corrected chi connectivity index (χ1v) is 9.71. The molecule has 0 aliphatic rings. The Hall–Kier alpha value is -3.13. The summed E-state index contributed by atoms with van der Waals surface area (Å²) in [5, 5.41) is 10.1. The topological polar surface area (TPSA) is 75.2 Å². The number of carbonyl (C=O) groups excluding carboxylic acids is 1. The molecule has 0 fully saturated rings. The molecular weight excluding hydrogens is 386 g/mol. The summed E-state index contributed by atoms with van der Waals surface area (Å²) in [5.74, 6) is 1.43. The lowest BCUT2D eigenvalue weighted by Crippen LogP contribution is -2.24. The van der Waals surface area contributed by atoms with Crippen LogP contribution in [0.5, 0.6) is 5.75 Å². The van der Waals surface area contributed by atoms with Crippen LogP contribution in [-0.4, -0.2) is 41.9 Å². The van der Waals surface area contributed by atoms with E-state index in [1.54, 1.807) is 7.11 Å². The van der Waals surface area contributed by atoms with E-state index >= 15 is 0 Å². The summed E-state index contributed by atoms with van der Waals surface area (Å²) >= 11 is 5.34. The minimum Gasteiger partial charge on any atom is -0.497 e. The third kappa shape index (κ3) is 5.23. The van der Waals surface area contributed by atoms with Crippen LogP contribution in [0.3, 0.4) is 0 Å². The highest BCUT2D eigenvalue weighted by molar-refractivity contribution is 7.71. The summed E-state index contributed by atoms with van der Waals surface area (Å²) in [6.07, 6.45) is 0.310. The Balaban J connectivity index is 1.61. The fraction of sp³-hybridized carbons (Fsp3) is 0.286. The first-order valence-electron chi connectivity index (χ1n) is 9.30. The van der Waals surface area contributed by atoms with Crippen LogP contribution in [0, 0.1) is 4.77 Å². The van der Waals surface area contributed by atoms with E-state index in [1.165, 1.54) is 0 Å².